The second-order valence-electron chi connectivity index (χ2n) is 6.09. The Morgan fingerprint density at radius 3 is 2.50 bits per heavy atom. The average molecular weight is 255 g/mol. The molecular formula is C14H25NO3. The van der Waals surface area contributed by atoms with Gasteiger partial charge in [-0.3, -0.25) is 0 Å². The lowest BCUT2D eigenvalue weighted by Crippen LogP contribution is -2.61. The standard InChI is InChI=1S/C14H25NO3/c1-11(18-5)10-14(13(2,3)4)8-6-7-9-15(14)12(16)17/h1,6-10H2,2-5H3,(H,16,17)/t14-/m0/s1. The van der Waals surface area contributed by atoms with Gasteiger partial charge < -0.3 is 14.7 Å². The second-order valence-corrected chi connectivity index (χ2v) is 6.09. The Morgan fingerprint density at radius 2 is 2.06 bits per heavy atom. The highest BCUT2D eigenvalue weighted by atomic mass is 16.5. The number of carboxylic acid groups (broad SMARTS) is 1. The van der Waals surface area contributed by atoms with Crippen molar-refractivity contribution >= 4 is 6.09 Å². The van der Waals surface area contributed by atoms with Crippen LogP contribution in [-0.2, 0) is 4.74 Å². The molecule has 0 aromatic rings. The number of hydrogen-bond donors (Lipinski definition) is 1. The molecule has 1 saturated heterocycles. The summed E-state index contributed by atoms with van der Waals surface area (Å²) in [5.41, 5.74) is -0.558. The summed E-state index contributed by atoms with van der Waals surface area (Å²) >= 11 is 0. The van der Waals surface area contributed by atoms with Gasteiger partial charge >= 0.3 is 6.09 Å². The number of ether oxygens (including phenoxy) is 1. The van der Waals surface area contributed by atoms with Crippen molar-refractivity contribution < 1.29 is 14.6 Å². The number of nitrogens with zero attached hydrogens (tertiary/aromatic N) is 1. The monoisotopic (exact) mass is 255 g/mol. The first-order chi connectivity index (χ1) is 8.24. The number of likely N-dealkylation sites (tertiary alicyclic amines) is 1. The molecular weight excluding hydrogens is 230 g/mol. The molecule has 0 aliphatic carbocycles. The maximum absolute atomic E-state index is 11.5. The smallest absolute Gasteiger partial charge is 0.407 e. The van der Waals surface area contributed by atoms with Crippen molar-refractivity contribution in [2.75, 3.05) is 13.7 Å². The van der Waals surface area contributed by atoms with E-state index in [-0.39, 0.29) is 5.41 Å². The molecule has 1 aliphatic rings. The third-order valence-corrected chi connectivity index (χ3v) is 4.14. The van der Waals surface area contributed by atoms with Crippen molar-refractivity contribution in [2.24, 2.45) is 5.41 Å². The van der Waals surface area contributed by atoms with Crippen LogP contribution in [0.1, 0.15) is 46.5 Å². The Morgan fingerprint density at radius 1 is 1.44 bits per heavy atom. The molecule has 0 saturated carbocycles. The lowest BCUT2D eigenvalue weighted by atomic mass is 9.66. The van der Waals surface area contributed by atoms with Crippen molar-refractivity contribution in [1.82, 2.24) is 4.90 Å². The largest absolute Gasteiger partial charge is 0.502 e. The third-order valence-electron chi connectivity index (χ3n) is 4.14. The van der Waals surface area contributed by atoms with E-state index in [4.69, 9.17) is 4.74 Å². The minimum atomic E-state index is -0.839. The van der Waals surface area contributed by atoms with Gasteiger partial charge in [0.15, 0.2) is 0 Å². The molecule has 1 fully saturated rings. The maximum atomic E-state index is 11.5. The Labute approximate surface area is 110 Å². The van der Waals surface area contributed by atoms with E-state index in [1.165, 1.54) is 0 Å². The fourth-order valence-corrected chi connectivity index (χ4v) is 2.94. The van der Waals surface area contributed by atoms with Crippen molar-refractivity contribution in [1.29, 1.82) is 0 Å². The van der Waals surface area contributed by atoms with Gasteiger partial charge in [0, 0.05) is 13.0 Å². The number of amides is 1. The van der Waals surface area contributed by atoms with Crippen LogP contribution < -0.4 is 0 Å². The van der Waals surface area contributed by atoms with E-state index in [2.05, 4.69) is 27.4 Å². The zero-order valence-electron chi connectivity index (χ0n) is 12.0. The molecule has 0 aromatic heterocycles. The minimum absolute atomic E-state index is 0.146. The van der Waals surface area contributed by atoms with Crippen LogP contribution in [0.5, 0.6) is 0 Å². The van der Waals surface area contributed by atoms with Gasteiger partial charge in [-0.2, -0.15) is 0 Å². The zero-order chi connectivity index (χ0) is 14.0. The highest BCUT2D eigenvalue weighted by molar-refractivity contribution is 5.66. The lowest BCUT2D eigenvalue weighted by Gasteiger charge is -2.53. The van der Waals surface area contributed by atoms with Gasteiger partial charge in [-0.05, 0) is 24.7 Å². The van der Waals surface area contributed by atoms with Gasteiger partial charge in [-0.15, -0.1) is 0 Å². The Kier molecular flexibility index (Phi) is 4.30. The molecule has 0 bridgehead atoms. The Balaban J connectivity index is 3.15. The molecule has 4 nitrogen and oxygen atoms in total. The molecule has 104 valence electrons. The first-order valence-corrected chi connectivity index (χ1v) is 6.47. The van der Waals surface area contributed by atoms with Crippen LogP contribution in [0.25, 0.3) is 0 Å². The highest BCUT2D eigenvalue weighted by Crippen LogP contribution is 2.46. The quantitative estimate of drug-likeness (QED) is 0.785. The number of hydrogen-bond acceptors (Lipinski definition) is 2. The summed E-state index contributed by atoms with van der Waals surface area (Å²) in [5, 5.41) is 9.48. The van der Waals surface area contributed by atoms with E-state index < -0.39 is 11.6 Å². The van der Waals surface area contributed by atoms with Crippen LogP contribution in [0.4, 0.5) is 4.79 Å². The number of piperidine rings is 1. The van der Waals surface area contributed by atoms with Gasteiger partial charge in [0.2, 0.25) is 0 Å². The average Bonchev–Trinajstić information content (AvgIpc) is 2.27. The third kappa shape index (κ3) is 2.62. The van der Waals surface area contributed by atoms with Gasteiger partial charge in [-0.25, -0.2) is 4.79 Å². The zero-order valence-corrected chi connectivity index (χ0v) is 12.0. The summed E-state index contributed by atoms with van der Waals surface area (Å²) < 4.78 is 5.19. The first-order valence-electron chi connectivity index (χ1n) is 6.47. The van der Waals surface area contributed by atoms with Crippen molar-refractivity contribution in [2.45, 2.75) is 52.0 Å². The van der Waals surface area contributed by atoms with Crippen molar-refractivity contribution in [3.8, 4) is 0 Å². The molecule has 1 N–H and O–H groups in total. The fraction of sp³-hybridized carbons (Fsp3) is 0.786. The first kappa shape index (κ1) is 14.9. The summed E-state index contributed by atoms with van der Waals surface area (Å²) in [6.07, 6.45) is 2.58. The number of methoxy groups -OCH3 is 1. The van der Waals surface area contributed by atoms with Crippen molar-refractivity contribution in [3.63, 3.8) is 0 Å². The Hall–Kier alpha value is -1.19. The van der Waals surface area contributed by atoms with E-state index >= 15 is 0 Å². The summed E-state index contributed by atoms with van der Waals surface area (Å²) in [6.45, 7) is 10.8. The Bertz CT molecular complexity index is 332. The van der Waals surface area contributed by atoms with E-state index in [1.807, 2.05) is 0 Å². The summed E-state index contributed by atoms with van der Waals surface area (Å²) in [6, 6.07) is 0. The van der Waals surface area contributed by atoms with Crippen molar-refractivity contribution in [3.05, 3.63) is 12.3 Å². The topological polar surface area (TPSA) is 49.8 Å². The van der Waals surface area contributed by atoms with Crippen LogP contribution >= 0.6 is 0 Å². The molecule has 1 atom stereocenters. The summed E-state index contributed by atoms with van der Waals surface area (Å²) in [7, 11) is 1.59. The predicted octanol–water partition coefficient (Wildman–Crippen LogP) is 3.49. The molecule has 18 heavy (non-hydrogen) atoms. The van der Waals surface area contributed by atoms with E-state index in [1.54, 1.807) is 12.0 Å². The SMILES string of the molecule is C=C(C[C@]1(C(C)(C)C)CCCCN1C(=O)O)OC. The lowest BCUT2D eigenvalue weighted by molar-refractivity contribution is -0.0316. The number of rotatable bonds is 3. The summed E-state index contributed by atoms with van der Waals surface area (Å²) in [5.74, 6) is 0.651. The molecule has 1 amide bonds. The highest BCUT2D eigenvalue weighted by Gasteiger charge is 2.50. The van der Waals surface area contributed by atoms with Crippen LogP contribution in [0.2, 0.25) is 0 Å². The predicted molar refractivity (Wildman–Crippen MR) is 71.5 cm³/mol. The molecule has 0 spiro atoms. The molecule has 1 heterocycles. The maximum Gasteiger partial charge on any atom is 0.407 e. The van der Waals surface area contributed by atoms with Gasteiger partial charge in [0.25, 0.3) is 0 Å². The van der Waals surface area contributed by atoms with E-state index in [9.17, 15) is 9.90 Å². The molecule has 1 rings (SSSR count). The molecule has 4 heteroatoms. The molecule has 0 aromatic carbocycles. The fourth-order valence-electron chi connectivity index (χ4n) is 2.94. The normalized spacial score (nSPS) is 24.8. The second kappa shape index (κ2) is 5.21. The van der Waals surface area contributed by atoms with E-state index in [0.29, 0.717) is 18.7 Å². The van der Waals surface area contributed by atoms with Crippen LogP contribution in [0.15, 0.2) is 12.3 Å². The molecule has 0 unspecified atom stereocenters. The van der Waals surface area contributed by atoms with Crippen LogP contribution in [-0.4, -0.2) is 35.3 Å². The minimum Gasteiger partial charge on any atom is -0.502 e. The van der Waals surface area contributed by atoms with Crippen LogP contribution in [0.3, 0.4) is 0 Å². The molecule has 0 radical (unpaired) electrons. The number of carbonyl (C=O) groups is 1. The van der Waals surface area contributed by atoms with Gasteiger partial charge in [-0.1, -0.05) is 27.4 Å². The van der Waals surface area contributed by atoms with Gasteiger partial charge in [0.05, 0.1) is 18.4 Å². The van der Waals surface area contributed by atoms with Gasteiger partial charge in [0.1, 0.15) is 0 Å². The molecule has 1 aliphatic heterocycles. The van der Waals surface area contributed by atoms with Crippen LogP contribution in [0, 0.1) is 5.41 Å². The summed E-state index contributed by atoms with van der Waals surface area (Å²) in [4.78, 5) is 13.1. The van der Waals surface area contributed by atoms with E-state index in [0.717, 1.165) is 19.3 Å².